The molecule has 0 aliphatic heterocycles. The van der Waals surface area contributed by atoms with E-state index in [1.165, 1.54) is 43.5 Å². The van der Waals surface area contributed by atoms with E-state index in [2.05, 4.69) is 0 Å². The molecule has 3 aromatic rings. The second-order valence-electron chi connectivity index (χ2n) is 6.80. The zero-order valence-electron chi connectivity index (χ0n) is 16.1. The van der Waals surface area contributed by atoms with E-state index in [0.717, 1.165) is 6.26 Å². The Morgan fingerprint density at radius 1 is 1.00 bits per heavy atom. The molecule has 3 aromatic carbocycles. The number of esters is 1. The van der Waals surface area contributed by atoms with Gasteiger partial charge in [0.2, 0.25) is 0 Å². The Hall–Kier alpha value is -3.06. The maximum atomic E-state index is 13.9. The van der Waals surface area contributed by atoms with Crippen LogP contribution < -0.4 is 0 Å². The van der Waals surface area contributed by atoms with E-state index in [-0.39, 0.29) is 16.0 Å². The number of ketones is 1. The fraction of sp³-hybridized carbons (Fsp3) is 0.182. The minimum absolute atomic E-state index is 0.0954. The molecular formula is C22H19FO5S. The summed E-state index contributed by atoms with van der Waals surface area (Å²) in [6.45, 7) is 1.66. The summed E-state index contributed by atoms with van der Waals surface area (Å²) >= 11 is 0. The molecule has 29 heavy (non-hydrogen) atoms. The summed E-state index contributed by atoms with van der Waals surface area (Å²) < 4.78 is 41.9. The van der Waals surface area contributed by atoms with Crippen LogP contribution in [0.4, 0.5) is 4.39 Å². The Bertz CT molecular complexity index is 1210. The maximum Gasteiger partial charge on any atom is 0.312 e. The van der Waals surface area contributed by atoms with Crippen LogP contribution in [0.2, 0.25) is 0 Å². The highest BCUT2D eigenvalue weighted by molar-refractivity contribution is 7.90. The molecule has 0 N–H and O–H groups in total. The first kappa shape index (κ1) is 20.7. The molecule has 0 saturated carbocycles. The average molecular weight is 414 g/mol. The first-order chi connectivity index (χ1) is 13.6. The number of sulfone groups is 1. The summed E-state index contributed by atoms with van der Waals surface area (Å²) in [6.07, 6.45) is 1.08. The van der Waals surface area contributed by atoms with Gasteiger partial charge in [0.15, 0.2) is 15.6 Å². The fourth-order valence-corrected chi connectivity index (χ4v) is 3.74. The van der Waals surface area contributed by atoms with E-state index in [0.29, 0.717) is 16.3 Å². The van der Waals surface area contributed by atoms with Gasteiger partial charge in [0.1, 0.15) is 5.82 Å². The lowest BCUT2D eigenvalue weighted by Crippen LogP contribution is -2.12. The number of ether oxygens (including phenoxy) is 1. The Morgan fingerprint density at radius 2 is 1.66 bits per heavy atom. The lowest BCUT2D eigenvalue weighted by atomic mass is 9.91. The Balaban J connectivity index is 2.17. The van der Waals surface area contributed by atoms with Gasteiger partial charge in [0.25, 0.3) is 0 Å². The molecule has 0 amide bonds. The third-order valence-corrected chi connectivity index (χ3v) is 5.91. The minimum Gasteiger partial charge on any atom is -0.469 e. The van der Waals surface area contributed by atoms with Crippen molar-refractivity contribution in [1.82, 2.24) is 0 Å². The van der Waals surface area contributed by atoms with Gasteiger partial charge in [-0.15, -0.1) is 0 Å². The molecule has 150 valence electrons. The SMILES string of the molecule is COC(=O)C(C)c1cc(C(=O)c2ccc(S(C)(=O)=O)cc2)c2cc(F)ccc2c1. The summed E-state index contributed by atoms with van der Waals surface area (Å²) in [7, 11) is -2.11. The highest BCUT2D eigenvalue weighted by Crippen LogP contribution is 2.29. The van der Waals surface area contributed by atoms with Gasteiger partial charge >= 0.3 is 5.97 Å². The molecule has 0 saturated heterocycles. The van der Waals surface area contributed by atoms with Crippen molar-refractivity contribution in [2.24, 2.45) is 0 Å². The lowest BCUT2D eigenvalue weighted by Gasteiger charge is -2.14. The minimum atomic E-state index is -3.39. The number of hydrogen-bond donors (Lipinski definition) is 0. The fourth-order valence-electron chi connectivity index (χ4n) is 3.11. The van der Waals surface area contributed by atoms with Crippen molar-refractivity contribution in [2.45, 2.75) is 17.7 Å². The Morgan fingerprint density at radius 3 is 2.24 bits per heavy atom. The summed E-state index contributed by atoms with van der Waals surface area (Å²) in [6, 6.07) is 12.9. The summed E-state index contributed by atoms with van der Waals surface area (Å²) in [5, 5.41) is 1.01. The zero-order chi connectivity index (χ0) is 21.3. The van der Waals surface area contributed by atoms with Crippen molar-refractivity contribution >= 4 is 32.4 Å². The third-order valence-electron chi connectivity index (χ3n) is 4.78. The van der Waals surface area contributed by atoms with Crippen LogP contribution >= 0.6 is 0 Å². The van der Waals surface area contributed by atoms with Crippen molar-refractivity contribution < 1.29 is 27.1 Å². The molecule has 0 radical (unpaired) electrons. The van der Waals surface area contributed by atoms with E-state index < -0.39 is 33.3 Å². The zero-order valence-corrected chi connectivity index (χ0v) is 16.9. The number of benzene rings is 3. The van der Waals surface area contributed by atoms with Gasteiger partial charge in [0, 0.05) is 17.4 Å². The first-order valence-corrected chi connectivity index (χ1v) is 10.7. The van der Waals surface area contributed by atoms with Gasteiger partial charge in [-0.1, -0.05) is 12.1 Å². The van der Waals surface area contributed by atoms with Gasteiger partial charge < -0.3 is 4.74 Å². The van der Waals surface area contributed by atoms with E-state index in [4.69, 9.17) is 4.74 Å². The molecule has 0 aromatic heterocycles. The predicted octanol–water partition coefficient (Wildman–Crippen LogP) is 3.89. The standard InChI is InChI=1S/C22H19FO5S/c1-13(22(25)28-2)16-10-15-4-7-17(23)12-19(15)20(11-16)21(24)14-5-8-18(9-6-14)29(3,26)27/h4-13H,1-3H3. The molecule has 0 heterocycles. The molecule has 0 spiro atoms. The second-order valence-corrected chi connectivity index (χ2v) is 8.82. The van der Waals surface area contributed by atoms with Crippen LogP contribution in [0.15, 0.2) is 59.5 Å². The van der Waals surface area contributed by atoms with Crippen LogP contribution in [-0.2, 0) is 19.4 Å². The number of rotatable bonds is 5. The van der Waals surface area contributed by atoms with Crippen LogP contribution in [-0.4, -0.2) is 33.5 Å². The number of fused-ring (bicyclic) bond motifs is 1. The number of halogens is 1. The smallest absolute Gasteiger partial charge is 0.312 e. The van der Waals surface area contributed by atoms with Crippen molar-refractivity contribution in [3.05, 3.63) is 77.1 Å². The largest absolute Gasteiger partial charge is 0.469 e. The van der Waals surface area contributed by atoms with Crippen LogP contribution in [0.5, 0.6) is 0 Å². The van der Waals surface area contributed by atoms with Crippen LogP contribution in [0, 0.1) is 5.82 Å². The van der Waals surface area contributed by atoms with Crippen LogP contribution in [0.25, 0.3) is 10.8 Å². The van der Waals surface area contributed by atoms with Crippen molar-refractivity contribution in [1.29, 1.82) is 0 Å². The number of carbonyl (C=O) groups is 2. The van der Waals surface area contributed by atoms with Gasteiger partial charge in [0.05, 0.1) is 17.9 Å². The maximum absolute atomic E-state index is 13.9. The summed E-state index contributed by atoms with van der Waals surface area (Å²) in [4.78, 5) is 25.2. The summed E-state index contributed by atoms with van der Waals surface area (Å²) in [5.41, 5.74) is 1.04. The Labute approximate surface area is 168 Å². The van der Waals surface area contributed by atoms with E-state index in [1.807, 2.05) is 0 Å². The normalized spacial score (nSPS) is 12.6. The highest BCUT2D eigenvalue weighted by Gasteiger charge is 2.21. The molecular weight excluding hydrogens is 395 g/mol. The molecule has 0 aliphatic carbocycles. The predicted molar refractivity (Wildman–Crippen MR) is 107 cm³/mol. The van der Waals surface area contributed by atoms with Crippen molar-refractivity contribution in [3.8, 4) is 0 Å². The molecule has 1 unspecified atom stereocenters. The first-order valence-electron chi connectivity index (χ1n) is 8.77. The van der Waals surface area contributed by atoms with Gasteiger partial charge in [-0.25, -0.2) is 12.8 Å². The van der Waals surface area contributed by atoms with E-state index >= 15 is 0 Å². The van der Waals surface area contributed by atoms with Gasteiger partial charge in [-0.2, -0.15) is 0 Å². The van der Waals surface area contributed by atoms with Gasteiger partial charge in [-0.05, 0) is 65.7 Å². The third kappa shape index (κ3) is 4.19. The van der Waals surface area contributed by atoms with Crippen molar-refractivity contribution in [2.75, 3.05) is 13.4 Å². The monoisotopic (exact) mass is 414 g/mol. The second kappa shape index (κ2) is 7.75. The highest BCUT2D eigenvalue weighted by atomic mass is 32.2. The van der Waals surface area contributed by atoms with Crippen LogP contribution in [0.3, 0.4) is 0 Å². The quantitative estimate of drug-likeness (QED) is 0.468. The lowest BCUT2D eigenvalue weighted by molar-refractivity contribution is -0.141. The molecule has 0 fully saturated rings. The molecule has 0 aliphatic rings. The van der Waals surface area contributed by atoms with Gasteiger partial charge in [-0.3, -0.25) is 9.59 Å². The van der Waals surface area contributed by atoms with Crippen molar-refractivity contribution in [3.63, 3.8) is 0 Å². The number of carbonyl (C=O) groups excluding carboxylic acids is 2. The van der Waals surface area contributed by atoms with E-state index in [9.17, 15) is 22.4 Å². The topological polar surface area (TPSA) is 77.5 Å². The van der Waals surface area contributed by atoms with E-state index in [1.54, 1.807) is 25.1 Å². The molecule has 3 rings (SSSR count). The average Bonchev–Trinajstić information content (AvgIpc) is 2.70. The number of hydrogen-bond acceptors (Lipinski definition) is 5. The summed E-state index contributed by atoms with van der Waals surface area (Å²) in [5.74, 6) is -1.97. The Kier molecular flexibility index (Phi) is 5.53. The molecule has 0 bridgehead atoms. The number of methoxy groups -OCH3 is 1. The van der Waals surface area contributed by atoms with Crippen LogP contribution in [0.1, 0.15) is 34.3 Å². The molecule has 5 nitrogen and oxygen atoms in total. The molecule has 1 atom stereocenters. The molecule has 7 heteroatoms.